The van der Waals surface area contributed by atoms with Crippen molar-refractivity contribution in [1.29, 1.82) is 0 Å². The number of benzene rings is 1. The van der Waals surface area contributed by atoms with E-state index in [1.54, 1.807) is 6.92 Å². The number of nitrogens with zero attached hydrogens (tertiary/aromatic N) is 1. The van der Waals surface area contributed by atoms with E-state index >= 15 is 0 Å². The van der Waals surface area contributed by atoms with Crippen molar-refractivity contribution in [3.8, 4) is 0 Å². The Labute approximate surface area is 123 Å². The molecule has 4 heteroatoms. The molecule has 0 radical (unpaired) electrons. The van der Waals surface area contributed by atoms with Crippen LogP contribution in [0.4, 0.5) is 0 Å². The summed E-state index contributed by atoms with van der Waals surface area (Å²) in [4.78, 5) is 16.3. The van der Waals surface area contributed by atoms with Gasteiger partial charge < -0.3 is 4.74 Å². The standard InChI is InChI=1S/C16H18ClNO2/c1-5-20-15(19)11-9-18-14-10(13(11)17)7-6-8-12(14)16(2,3)4/h6-9H,5H2,1-4H3. The molecular formula is C16H18ClNO2. The van der Waals surface area contributed by atoms with Gasteiger partial charge in [0.2, 0.25) is 0 Å². The number of ether oxygens (including phenoxy) is 1. The van der Waals surface area contributed by atoms with Crippen molar-refractivity contribution in [3.63, 3.8) is 0 Å². The second kappa shape index (κ2) is 5.41. The van der Waals surface area contributed by atoms with Crippen molar-refractivity contribution in [3.05, 3.63) is 40.5 Å². The Morgan fingerprint density at radius 2 is 2.05 bits per heavy atom. The van der Waals surface area contributed by atoms with Gasteiger partial charge in [0.1, 0.15) is 0 Å². The number of fused-ring (bicyclic) bond motifs is 1. The summed E-state index contributed by atoms with van der Waals surface area (Å²) < 4.78 is 4.99. The SMILES string of the molecule is CCOC(=O)c1cnc2c(C(C)(C)C)cccc2c1Cl. The summed E-state index contributed by atoms with van der Waals surface area (Å²) in [6.07, 6.45) is 1.50. The predicted octanol–water partition coefficient (Wildman–Crippen LogP) is 4.36. The van der Waals surface area contributed by atoms with Gasteiger partial charge in [-0.05, 0) is 17.9 Å². The van der Waals surface area contributed by atoms with Crippen LogP contribution in [0.5, 0.6) is 0 Å². The Morgan fingerprint density at radius 1 is 1.35 bits per heavy atom. The molecule has 1 heterocycles. The smallest absolute Gasteiger partial charge is 0.341 e. The highest BCUT2D eigenvalue weighted by atomic mass is 35.5. The van der Waals surface area contributed by atoms with E-state index in [1.807, 2.05) is 18.2 Å². The molecule has 2 rings (SSSR count). The lowest BCUT2D eigenvalue weighted by atomic mass is 9.85. The summed E-state index contributed by atoms with van der Waals surface area (Å²) in [6.45, 7) is 8.44. The van der Waals surface area contributed by atoms with Crippen molar-refractivity contribution >= 4 is 28.5 Å². The average Bonchev–Trinajstić information content (AvgIpc) is 2.37. The molecule has 106 valence electrons. The Hall–Kier alpha value is -1.61. The van der Waals surface area contributed by atoms with Crippen molar-refractivity contribution in [1.82, 2.24) is 4.98 Å². The van der Waals surface area contributed by atoms with E-state index in [-0.39, 0.29) is 5.41 Å². The molecule has 0 aliphatic heterocycles. The normalized spacial score (nSPS) is 11.7. The molecule has 0 bridgehead atoms. The zero-order chi connectivity index (χ0) is 14.9. The summed E-state index contributed by atoms with van der Waals surface area (Å²) in [5.41, 5.74) is 2.21. The summed E-state index contributed by atoms with van der Waals surface area (Å²) >= 11 is 6.35. The molecule has 0 amide bonds. The van der Waals surface area contributed by atoms with Crippen molar-refractivity contribution < 1.29 is 9.53 Å². The van der Waals surface area contributed by atoms with Gasteiger partial charge in [0.05, 0.1) is 22.7 Å². The molecule has 0 spiro atoms. The van der Waals surface area contributed by atoms with E-state index in [1.165, 1.54) is 6.20 Å². The molecule has 3 nitrogen and oxygen atoms in total. The Bertz CT molecular complexity index is 659. The lowest BCUT2D eigenvalue weighted by molar-refractivity contribution is 0.0526. The zero-order valence-corrected chi connectivity index (χ0v) is 12.9. The summed E-state index contributed by atoms with van der Waals surface area (Å²) in [6, 6.07) is 5.85. The molecule has 20 heavy (non-hydrogen) atoms. The van der Waals surface area contributed by atoms with Crippen molar-refractivity contribution in [2.45, 2.75) is 33.1 Å². The van der Waals surface area contributed by atoms with Crippen LogP contribution in [0.3, 0.4) is 0 Å². The van der Waals surface area contributed by atoms with Gasteiger partial charge in [0.15, 0.2) is 0 Å². The number of carbonyl (C=O) groups excluding carboxylic acids is 1. The van der Waals surface area contributed by atoms with Crippen LogP contribution in [0, 0.1) is 0 Å². The van der Waals surface area contributed by atoms with Crippen LogP contribution in [-0.2, 0) is 10.2 Å². The summed E-state index contributed by atoms with van der Waals surface area (Å²) in [7, 11) is 0. The molecule has 0 atom stereocenters. The van der Waals surface area contributed by atoms with Crippen LogP contribution in [0.25, 0.3) is 10.9 Å². The summed E-state index contributed by atoms with van der Waals surface area (Å²) in [5, 5.41) is 1.18. The van der Waals surface area contributed by atoms with E-state index < -0.39 is 5.97 Å². The third-order valence-corrected chi connectivity index (χ3v) is 3.54. The minimum absolute atomic E-state index is 0.0404. The number of carbonyl (C=O) groups is 1. The van der Waals surface area contributed by atoms with Gasteiger partial charge in [-0.2, -0.15) is 0 Å². The van der Waals surface area contributed by atoms with E-state index in [4.69, 9.17) is 16.3 Å². The largest absolute Gasteiger partial charge is 0.462 e. The minimum atomic E-state index is -0.437. The van der Waals surface area contributed by atoms with Gasteiger partial charge >= 0.3 is 5.97 Å². The third-order valence-electron chi connectivity index (χ3n) is 3.14. The predicted molar refractivity (Wildman–Crippen MR) is 81.4 cm³/mol. The van der Waals surface area contributed by atoms with Gasteiger partial charge in [0, 0.05) is 11.6 Å². The van der Waals surface area contributed by atoms with Gasteiger partial charge in [0.25, 0.3) is 0 Å². The molecule has 0 N–H and O–H groups in total. The Balaban J connectivity index is 2.67. The van der Waals surface area contributed by atoms with E-state index in [0.29, 0.717) is 17.2 Å². The molecule has 1 aromatic carbocycles. The van der Waals surface area contributed by atoms with Crippen LogP contribution < -0.4 is 0 Å². The second-order valence-corrected chi connectivity index (χ2v) is 6.04. The molecule has 0 unspecified atom stereocenters. The van der Waals surface area contributed by atoms with Crippen LogP contribution in [0.1, 0.15) is 43.6 Å². The molecular weight excluding hydrogens is 274 g/mol. The number of hydrogen-bond acceptors (Lipinski definition) is 3. The van der Waals surface area contributed by atoms with Crippen LogP contribution >= 0.6 is 11.6 Å². The highest BCUT2D eigenvalue weighted by Crippen LogP contribution is 2.33. The maximum atomic E-state index is 11.8. The van der Waals surface area contributed by atoms with Crippen molar-refractivity contribution in [2.75, 3.05) is 6.61 Å². The number of aromatic nitrogens is 1. The lowest BCUT2D eigenvalue weighted by Gasteiger charge is -2.21. The van der Waals surface area contributed by atoms with Crippen LogP contribution in [0.2, 0.25) is 5.02 Å². The number of halogens is 1. The lowest BCUT2D eigenvalue weighted by Crippen LogP contribution is -2.13. The first-order valence-electron chi connectivity index (χ1n) is 6.61. The fourth-order valence-electron chi connectivity index (χ4n) is 2.15. The zero-order valence-electron chi connectivity index (χ0n) is 12.2. The first kappa shape index (κ1) is 14.8. The Kier molecular flexibility index (Phi) is 4.00. The molecule has 0 aliphatic carbocycles. The number of rotatable bonds is 2. The van der Waals surface area contributed by atoms with Gasteiger partial charge in [-0.15, -0.1) is 0 Å². The van der Waals surface area contributed by atoms with E-state index in [9.17, 15) is 4.79 Å². The van der Waals surface area contributed by atoms with Crippen LogP contribution in [-0.4, -0.2) is 17.6 Å². The maximum Gasteiger partial charge on any atom is 0.341 e. The van der Waals surface area contributed by atoms with Gasteiger partial charge in [-0.3, -0.25) is 4.98 Å². The number of para-hydroxylation sites is 1. The third kappa shape index (κ3) is 2.63. The van der Waals surface area contributed by atoms with Crippen molar-refractivity contribution in [2.24, 2.45) is 0 Å². The fraction of sp³-hybridized carbons (Fsp3) is 0.375. The average molecular weight is 292 g/mol. The summed E-state index contributed by atoms with van der Waals surface area (Å²) in [5.74, 6) is -0.437. The van der Waals surface area contributed by atoms with Gasteiger partial charge in [-0.1, -0.05) is 50.6 Å². The highest BCUT2D eigenvalue weighted by Gasteiger charge is 2.21. The molecule has 1 aromatic heterocycles. The molecule has 0 saturated heterocycles. The molecule has 2 aromatic rings. The fourth-order valence-corrected chi connectivity index (χ4v) is 2.43. The number of hydrogen-bond donors (Lipinski definition) is 0. The van der Waals surface area contributed by atoms with E-state index in [2.05, 4.69) is 25.8 Å². The van der Waals surface area contributed by atoms with E-state index in [0.717, 1.165) is 16.5 Å². The first-order valence-corrected chi connectivity index (χ1v) is 6.99. The minimum Gasteiger partial charge on any atom is -0.462 e. The molecule has 0 aliphatic rings. The molecule has 0 fully saturated rings. The number of pyridine rings is 1. The maximum absolute atomic E-state index is 11.8. The first-order chi connectivity index (χ1) is 9.36. The topological polar surface area (TPSA) is 39.2 Å². The van der Waals surface area contributed by atoms with Gasteiger partial charge in [-0.25, -0.2) is 4.79 Å². The van der Waals surface area contributed by atoms with Crippen LogP contribution in [0.15, 0.2) is 24.4 Å². The highest BCUT2D eigenvalue weighted by molar-refractivity contribution is 6.38. The second-order valence-electron chi connectivity index (χ2n) is 5.66. The number of esters is 1. The Morgan fingerprint density at radius 3 is 2.65 bits per heavy atom. The monoisotopic (exact) mass is 291 g/mol. The quantitative estimate of drug-likeness (QED) is 0.772. The molecule has 0 saturated carbocycles.